The molecule has 1 aliphatic rings. The zero-order chi connectivity index (χ0) is 21.1. The Morgan fingerprint density at radius 3 is 2.67 bits per heavy atom. The largest absolute Gasteiger partial charge is 0.350 e. The average molecular weight is 461 g/mol. The number of rotatable bonds is 6. The summed E-state index contributed by atoms with van der Waals surface area (Å²) in [5.41, 5.74) is 3.14. The fraction of sp³-hybridized carbons (Fsp3) is 0.190. The third-order valence-electron chi connectivity index (χ3n) is 4.65. The second kappa shape index (κ2) is 9.12. The Bertz CT molecular complexity index is 1100. The molecule has 3 aromatic rings. The number of anilines is 1. The summed E-state index contributed by atoms with van der Waals surface area (Å²) in [7, 11) is 0. The van der Waals surface area contributed by atoms with E-state index in [0.717, 1.165) is 28.3 Å². The third-order valence-corrected chi connectivity index (χ3v) is 6.17. The highest BCUT2D eigenvalue weighted by molar-refractivity contribution is 7.98. The molecule has 1 aromatic heterocycles. The van der Waals surface area contributed by atoms with Crippen molar-refractivity contribution in [1.82, 2.24) is 15.1 Å². The van der Waals surface area contributed by atoms with Gasteiger partial charge in [0.05, 0.1) is 16.3 Å². The summed E-state index contributed by atoms with van der Waals surface area (Å²) in [5.74, 6) is 1.44. The van der Waals surface area contributed by atoms with E-state index in [4.69, 9.17) is 23.2 Å². The predicted molar refractivity (Wildman–Crippen MR) is 120 cm³/mol. The number of halogens is 2. The molecule has 2 aromatic carbocycles. The number of benzene rings is 2. The molecule has 154 valence electrons. The van der Waals surface area contributed by atoms with Gasteiger partial charge in [-0.3, -0.25) is 9.59 Å². The van der Waals surface area contributed by atoms with Gasteiger partial charge in [0.1, 0.15) is 12.4 Å². The Hall–Kier alpha value is -2.48. The lowest BCUT2D eigenvalue weighted by atomic mass is 10.2. The van der Waals surface area contributed by atoms with Crippen LogP contribution in [0.15, 0.2) is 48.5 Å². The van der Waals surface area contributed by atoms with E-state index < -0.39 is 0 Å². The number of fused-ring (bicyclic) bond motifs is 1. The van der Waals surface area contributed by atoms with Crippen molar-refractivity contribution in [3.05, 3.63) is 81.0 Å². The number of aromatic nitrogens is 2. The van der Waals surface area contributed by atoms with Crippen molar-refractivity contribution in [2.45, 2.75) is 24.6 Å². The van der Waals surface area contributed by atoms with Crippen molar-refractivity contribution >= 4 is 52.6 Å². The van der Waals surface area contributed by atoms with Gasteiger partial charge in [-0.25, -0.2) is 4.68 Å². The molecule has 0 atom stereocenters. The maximum atomic E-state index is 12.8. The van der Waals surface area contributed by atoms with E-state index in [0.29, 0.717) is 22.9 Å². The van der Waals surface area contributed by atoms with Gasteiger partial charge in [0.15, 0.2) is 0 Å². The quantitative estimate of drug-likeness (QED) is 0.567. The van der Waals surface area contributed by atoms with Crippen LogP contribution in [0.5, 0.6) is 0 Å². The van der Waals surface area contributed by atoms with Crippen molar-refractivity contribution in [3.8, 4) is 0 Å². The predicted octanol–water partition coefficient (Wildman–Crippen LogP) is 4.51. The molecule has 2 N–H and O–H groups in total. The highest BCUT2D eigenvalue weighted by atomic mass is 35.5. The summed E-state index contributed by atoms with van der Waals surface area (Å²) in [6, 6.07) is 14.4. The molecular weight excluding hydrogens is 443 g/mol. The van der Waals surface area contributed by atoms with Crippen LogP contribution in [-0.4, -0.2) is 21.6 Å². The molecule has 0 aliphatic carbocycles. The zero-order valence-corrected chi connectivity index (χ0v) is 18.2. The van der Waals surface area contributed by atoms with E-state index in [1.54, 1.807) is 28.6 Å². The van der Waals surface area contributed by atoms with Crippen LogP contribution in [0, 0.1) is 0 Å². The standard InChI is InChI=1S/C21H18Cl2N4O2S/c22-14-6-7-15(17(23)8-14)21(29)25-20-16-11-30-12-18(16)26-27(20)10-19(28)24-9-13-4-2-1-3-5-13/h1-8H,9-12H2,(H,24,28)(H,25,29). The number of hydrogen-bond donors (Lipinski definition) is 2. The van der Waals surface area contributed by atoms with Gasteiger partial charge in [-0.05, 0) is 23.8 Å². The minimum absolute atomic E-state index is 0.00840. The first kappa shape index (κ1) is 20.8. The Balaban J connectivity index is 1.50. The fourth-order valence-electron chi connectivity index (χ4n) is 3.16. The molecule has 0 saturated carbocycles. The monoisotopic (exact) mass is 460 g/mol. The van der Waals surface area contributed by atoms with Gasteiger partial charge in [0.25, 0.3) is 5.91 Å². The van der Waals surface area contributed by atoms with Gasteiger partial charge >= 0.3 is 0 Å². The molecule has 0 saturated heterocycles. The molecule has 0 spiro atoms. The summed E-state index contributed by atoms with van der Waals surface area (Å²) in [5, 5.41) is 11.0. The van der Waals surface area contributed by atoms with Crippen LogP contribution in [0.3, 0.4) is 0 Å². The van der Waals surface area contributed by atoms with Gasteiger partial charge in [-0.15, -0.1) is 0 Å². The molecule has 2 heterocycles. The van der Waals surface area contributed by atoms with Gasteiger partial charge in [0.2, 0.25) is 5.91 Å². The lowest BCUT2D eigenvalue weighted by molar-refractivity contribution is -0.122. The topological polar surface area (TPSA) is 76.0 Å². The van der Waals surface area contributed by atoms with Crippen LogP contribution in [0.1, 0.15) is 27.2 Å². The van der Waals surface area contributed by atoms with E-state index in [2.05, 4.69) is 15.7 Å². The van der Waals surface area contributed by atoms with Crippen molar-refractivity contribution in [2.24, 2.45) is 0 Å². The van der Waals surface area contributed by atoms with Crippen molar-refractivity contribution in [2.75, 3.05) is 5.32 Å². The van der Waals surface area contributed by atoms with Gasteiger partial charge in [-0.1, -0.05) is 53.5 Å². The van der Waals surface area contributed by atoms with Gasteiger partial charge < -0.3 is 10.6 Å². The van der Waals surface area contributed by atoms with Crippen molar-refractivity contribution < 1.29 is 9.59 Å². The molecule has 0 bridgehead atoms. The molecule has 0 radical (unpaired) electrons. The van der Waals surface area contributed by atoms with E-state index >= 15 is 0 Å². The Morgan fingerprint density at radius 1 is 1.10 bits per heavy atom. The number of carbonyl (C=O) groups excluding carboxylic acids is 2. The smallest absolute Gasteiger partial charge is 0.258 e. The number of hydrogen-bond acceptors (Lipinski definition) is 4. The van der Waals surface area contributed by atoms with Gasteiger partial charge in [-0.2, -0.15) is 16.9 Å². The Kier molecular flexibility index (Phi) is 6.32. The zero-order valence-electron chi connectivity index (χ0n) is 15.8. The maximum absolute atomic E-state index is 12.8. The minimum Gasteiger partial charge on any atom is -0.350 e. The number of nitrogens with one attached hydrogen (secondary N) is 2. The molecule has 0 fully saturated rings. The maximum Gasteiger partial charge on any atom is 0.258 e. The molecule has 30 heavy (non-hydrogen) atoms. The summed E-state index contributed by atoms with van der Waals surface area (Å²) in [4.78, 5) is 25.3. The Morgan fingerprint density at radius 2 is 1.90 bits per heavy atom. The van der Waals surface area contributed by atoms with Crippen LogP contribution in [0.4, 0.5) is 5.82 Å². The molecule has 2 amide bonds. The molecule has 0 unspecified atom stereocenters. The van der Waals surface area contributed by atoms with E-state index in [1.165, 1.54) is 6.07 Å². The van der Waals surface area contributed by atoms with E-state index in [1.807, 2.05) is 30.3 Å². The average Bonchev–Trinajstić information content (AvgIpc) is 3.30. The molecule has 1 aliphatic heterocycles. The molecule has 6 nitrogen and oxygen atoms in total. The first-order valence-corrected chi connectivity index (χ1v) is 11.2. The van der Waals surface area contributed by atoms with Crippen LogP contribution in [0.25, 0.3) is 0 Å². The first-order valence-electron chi connectivity index (χ1n) is 9.24. The summed E-state index contributed by atoms with van der Waals surface area (Å²) in [6.45, 7) is 0.438. The van der Waals surface area contributed by atoms with Crippen molar-refractivity contribution in [3.63, 3.8) is 0 Å². The van der Waals surface area contributed by atoms with E-state index in [-0.39, 0.29) is 23.4 Å². The SMILES string of the molecule is O=C(Cn1nc2c(c1NC(=O)c1ccc(Cl)cc1Cl)CSC2)NCc1ccccc1. The highest BCUT2D eigenvalue weighted by Crippen LogP contribution is 2.35. The third kappa shape index (κ3) is 4.64. The molecule has 4 rings (SSSR count). The highest BCUT2D eigenvalue weighted by Gasteiger charge is 2.25. The summed E-state index contributed by atoms with van der Waals surface area (Å²) >= 11 is 13.8. The van der Waals surface area contributed by atoms with Gasteiger partial charge in [0, 0.05) is 28.6 Å². The fourth-order valence-corrected chi connectivity index (χ4v) is 4.69. The van der Waals surface area contributed by atoms with Crippen LogP contribution < -0.4 is 10.6 Å². The minimum atomic E-state index is -0.373. The van der Waals surface area contributed by atoms with E-state index in [9.17, 15) is 9.59 Å². The number of carbonyl (C=O) groups is 2. The number of amides is 2. The van der Waals surface area contributed by atoms with Crippen LogP contribution in [-0.2, 0) is 29.4 Å². The summed E-state index contributed by atoms with van der Waals surface area (Å²) < 4.78 is 1.55. The first-order chi connectivity index (χ1) is 14.5. The van der Waals surface area contributed by atoms with Crippen LogP contribution >= 0.6 is 35.0 Å². The lowest BCUT2D eigenvalue weighted by Gasteiger charge is -2.12. The normalized spacial score (nSPS) is 12.5. The second-order valence-electron chi connectivity index (χ2n) is 6.76. The molecular formula is C21H18Cl2N4O2S. The second-order valence-corrected chi connectivity index (χ2v) is 8.59. The number of nitrogens with zero attached hydrogens (tertiary/aromatic N) is 2. The number of thioether (sulfide) groups is 1. The Labute approximate surface area is 187 Å². The lowest BCUT2D eigenvalue weighted by Crippen LogP contribution is -2.28. The van der Waals surface area contributed by atoms with Crippen molar-refractivity contribution in [1.29, 1.82) is 0 Å². The summed E-state index contributed by atoms with van der Waals surface area (Å²) in [6.07, 6.45) is 0. The van der Waals surface area contributed by atoms with Crippen LogP contribution in [0.2, 0.25) is 10.0 Å². The molecule has 9 heteroatoms.